The summed E-state index contributed by atoms with van der Waals surface area (Å²) in [6.07, 6.45) is 3.07. The number of carbonyl (C=O) groups excluding carboxylic acids is 2. The van der Waals surface area contributed by atoms with Gasteiger partial charge in [-0.25, -0.2) is 20.8 Å². The summed E-state index contributed by atoms with van der Waals surface area (Å²) in [5.41, 5.74) is 8.61. The quantitative estimate of drug-likeness (QED) is 0.283. The van der Waals surface area contributed by atoms with Crippen LogP contribution in [-0.2, 0) is 0 Å². The fourth-order valence-electron chi connectivity index (χ4n) is 3.50. The smallest absolute Gasteiger partial charge is 0.266 e. The number of aromatic nitrogens is 2. The average molecular weight is 473 g/mol. The number of rotatable bonds is 6. The number of fused-ring (bicyclic) bond motifs is 2. The van der Waals surface area contributed by atoms with E-state index in [1.807, 2.05) is 84.9 Å². The topological polar surface area (TPSA) is 109 Å². The molecule has 0 unspecified atom stereocenters. The highest BCUT2D eigenvalue weighted by molar-refractivity contribution is 5.96. The van der Waals surface area contributed by atoms with Gasteiger partial charge in [-0.3, -0.25) is 9.59 Å². The van der Waals surface area contributed by atoms with Crippen LogP contribution < -0.4 is 10.9 Å². The number of hydrogen-bond donors (Lipinski definition) is 2. The molecule has 5 aromatic rings. The molecule has 2 amide bonds. The number of nitrogens with zero attached hydrogens (tertiary/aromatic N) is 4. The molecule has 174 valence electrons. The van der Waals surface area contributed by atoms with Crippen LogP contribution in [0.1, 0.15) is 32.1 Å². The van der Waals surface area contributed by atoms with Gasteiger partial charge in [0, 0.05) is 10.8 Å². The first-order valence-corrected chi connectivity index (χ1v) is 11.1. The van der Waals surface area contributed by atoms with Gasteiger partial charge in [-0.15, -0.1) is 0 Å². The maximum absolute atomic E-state index is 12.3. The van der Waals surface area contributed by atoms with Crippen LogP contribution in [0.15, 0.2) is 107 Å². The summed E-state index contributed by atoms with van der Waals surface area (Å²) in [5, 5.41) is 9.94. The summed E-state index contributed by atoms with van der Waals surface area (Å²) in [5.74, 6) is -0.783. The van der Waals surface area contributed by atoms with Crippen LogP contribution in [0.3, 0.4) is 0 Å². The largest absolute Gasteiger partial charge is 0.289 e. The third kappa shape index (κ3) is 5.28. The lowest BCUT2D eigenvalue weighted by Gasteiger charge is -2.02. The molecule has 0 bridgehead atoms. The van der Waals surface area contributed by atoms with Crippen LogP contribution in [0.25, 0.3) is 21.8 Å². The number of pyridine rings is 2. The summed E-state index contributed by atoms with van der Waals surface area (Å²) in [6, 6.07) is 29.5. The Bertz CT molecular complexity index is 1500. The number of hydrogen-bond acceptors (Lipinski definition) is 6. The fraction of sp³-hybridized carbons (Fsp3) is 0. The van der Waals surface area contributed by atoms with Gasteiger partial charge in [-0.05, 0) is 35.4 Å². The SMILES string of the molecule is O=C(N/N=C/c1ccc(/C=N/NC(=O)c2ccc3ccccc3n2)cc1)c1ccc2ccccc2n1. The lowest BCUT2D eigenvalue weighted by atomic mass is 10.2. The minimum absolute atomic E-state index is 0.290. The molecule has 2 N–H and O–H groups in total. The van der Waals surface area contributed by atoms with E-state index < -0.39 is 11.8 Å². The van der Waals surface area contributed by atoms with Crippen LogP contribution in [0.5, 0.6) is 0 Å². The summed E-state index contributed by atoms with van der Waals surface area (Å²) in [4.78, 5) is 33.4. The van der Waals surface area contributed by atoms with E-state index in [4.69, 9.17) is 0 Å². The van der Waals surface area contributed by atoms with E-state index in [9.17, 15) is 9.59 Å². The third-order valence-corrected chi connectivity index (χ3v) is 5.36. The zero-order chi connectivity index (χ0) is 24.7. The molecule has 2 aromatic heterocycles. The Morgan fingerprint density at radius 1 is 0.556 bits per heavy atom. The lowest BCUT2D eigenvalue weighted by molar-refractivity contribution is 0.0942. The fourth-order valence-corrected chi connectivity index (χ4v) is 3.50. The third-order valence-electron chi connectivity index (χ3n) is 5.36. The first kappa shape index (κ1) is 22.5. The van der Waals surface area contributed by atoms with E-state index in [0.717, 1.165) is 32.9 Å². The number of nitrogens with one attached hydrogen (secondary N) is 2. The van der Waals surface area contributed by atoms with Crippen molar-refractivity contribution in [3.8, 4) is 0 Å². The predicted molar refractivity (Wildman–Crippen MR) is 140 cm³/mol. The lowest BCUT2D eigenvalue weighted by Crippen LogP contribution is -2.19. The molecule has 2 heterocycles. The van der Waals surface area contributed by atoms with E-state index in [1.165, 1.54) is 12.4 Å². The monoisotopic (exact) mass is 472 g/mol. The van der Waals surface area contributed by atoms with Gasteiger partial charge in [-0.1, -0.05) is 72.8 Å². The Morgan fingerprint density at radius 2 is 0.972 bits per heavy atom. The Morgan fingerprint density at radius 3 is 1.42 bits per heavy atom. The van der Waals surface area contributed by atoms with E-state index in [0.29, 0.717) is 11.4 Å². The second-order valence-electron chi connectivity index (χ2n) is 7.84. The van der Waals surface area contributed by atoms with Crippen molar-refractivity contribution in [1.29, 1.82) is 0 Å². The summed E-state index contributed by atoms with van der Waals surface area (Å²) in [6.45, 7) is 0. The molecule has 0 atom stereocenters. The number of para-hydroxylation sites is 2. The van der Waals surface area contributed by atoms with Crippen molar-refractivity contribution >= 4 is 46.0 Å². The minimum Gasteiger partial charge on any atom is -0.266 e. The molecule has 0 saturated carbocycles. The Hall–Kier alpha value is -5.24. The zero-order valence-corrected chi connectivity index (χ0v) is 19.0. The number of benzene rings is 3. The van der Waals surface area contributed by atoms with Gasteiger partial charge in [-0.2, -0.15) is 10.2 Å². The Kier molecular flexibility index (Phi) is 6.48. The molecule has 0 aliphatic heterocycles. The van der Waals surface area contributed by atoms with Crippen molar-refractivity contribution in [2.75, 3.05) is 0 Å². The molecule has 8 heteroatoms. The maximum atomic E-state index is 12.3. The second-order valence-corrected chi connectivity index (χ2v) is 7.84. The molecule has 0 fully saturated rings. The molecule has 8 nitrogen and oxygen atoms in total. The molecule has 0 radical (unpaired) electrons. The minimum atomic E-state index is -0.391. The zero-order valence-electron chi connectivity index (χ0n) is 19.0. The van der Waals surface area contributed by atoms with Crippen molar-refractivity contribution in [1.82, 2.24) is 20.8 Å². The van der Waals surface area contributed by atoms with Crippen molar-refractivity contribution in [3.05, 3.63) is 120 Å². The van der Waals surface area contributed by atoms with Crippen molar-refractivity contribution in [2.24, 2.45) is 10.2 Å². The molecule has 5 rings (SSSR count). The van der Waals surface area contributed by atoms with Crippen LogP contribution in [0, 0.1) is 0 Å². The molecule has 36 heavy (non-hydrogen) atoms. The summed E-state index contributed by atoms with van der Waals surface area (Å²) >= 11 is 0. The highest BCUT2D eigenvalue weighted by atomic mass is 16.2. The standard InChI is InChI=1S/C28H20N6O2/c35-27(25-15-13-21-5-1-3-7-23(21)31-25)33-29-17-19-9-11-20(12-10-19)18-30-34-28(36)26-16-14-22-6-2-4-8-24(22)32-26/h1-18H,(H,33,35)(H,34,36)/b29-17+,30-18+. The van der Waals surface area contributed by atoms with E-state index >= 15 is 0 Å². The van der Waals surface area contributed by atoms with Gasteiger partial charge in [0.25, 0.3) is 11.8 Å². The normalized spacial score (nSPS) is 11.3. The van der Waals surface area contributed by atoms with Crippen LogP contribution in [-0.4, -0.2) is 34.2 Å². The molecule has 0 saturated heterocycles. The van der Waals surface area contributed by atoms with Gasteiger partial charge in [0.1, 0.15) is 11.4 Å². The van der Waals surface area contributed by atoms with Gasteiger partial charge < -0.3 is 0 Å². The highest BCUT2D eigenvalue weighted by Crippen LogP contribution is 2.12. The first-order chi connectivity index (χ1) is 17.7. The molecule has 0 aliphatic carbocycles. The first-order valence-electron chi connectivity index (χ1n) is 11.1. The van der Waals surface area contributed by atoms with Gasteiger partial charge in [0.15, 0.2) is 0 Å². The van der Waals surface area contributed by atoms with E-state index in [2.05, 4.69) is 31.0 Å². The Balaban J connectivity index is 1.15. The maximum Gasteiger partial charge on any atom is 0.289 e. The molecular weight excluding hydrogens is 452 g/mol. The van der Waals surface area contributed by atoms with Crippen LogP contribution in [0.4, 0.5) is 0 Å². The van der Waals surface area contributed by atoms with Gasteiger partial charge >= 0.3 is 0 Å². The number of hydrazone groups is 2. The van der Waals surface area contributed by atoms with Gasteiger partial charge in [0.05, 0.1) is 23.5 Å². The van der Waals surface area contributed by atoms with Crippen LogP contribution >= 0.6 is 0 Å². The van der Waals surface area contributed by atoms with Crippen LogP contribution in [0.2, 0.25) is 0 Å². The van der Waals surface area contributed by atoms with Crippen molar-refractivity contribution < 1.29 is 9.59 Å². The molecule has 3 aromatic carbocycles. The summed E-state index contributed by atoms with van der Waals surface area (Å²) < 4.78 is 0. The van der Waals surface area contributed by atoms with Crippen molar-refractivity contribution in [3.63, 3.8) is 0 Å². The predicted octanol–water partition coefficient (Wildman–Crippen LogP) is 4.31. The molecule has 0 aliphatic rings. The Labute approximate surface area is 206 Å². The molecule has 0 spiro atoms. The second kappa shape index (κ2) is 10.4. The van der Waals surface area contributed by atoms with E-state index in [1.54, 1.807) is 12.1 Å². The number of carbonyl (C=O) groups is 2. The van der Waals surface area contributed by atoms with Crippen molar-refractivity contribution in [2.45, 2.75) is 0 Å². The number of amides is 2. The summed E-state index contributed by atoms with van der Waals surface area (Å²) in [7, 11) is 0. The van der Waals surface area contributed by atoms with Gasteiger partial charge in [0.2, 0.25) is 0 Å². The average Bonchev–Trinajstić information content (AvgIpc) is 2.93. The highest BCUT2D eigenvalue weighted by Gasteiger charge is 2.08. The molecular formula is C28H20N6O2. The van der Waals surface area contributed by atoms with E-state index in [-0.39, 0.29) is 0 Å².